The van der Waals surface area contributed by atoms with E-state index in [0.717, 1.165) is 56.7 Å². The second-order valence-electron chi connectivity index (χ2n) is 13.1. The number of phenolic OH excluding ortho intramolecular Hbond substituents is 1. The fourth-order valence-corrected chi connectivity index (χ4v) is 7.83. The number of anilines is 1. The Morgan fingerprint density at radius 3 is 2.21 bits per heavy atom. The molecule has 4 aliphatic rings. The van der Waals surface area contributed by atoms with Gasteiger partial charge in [-0.3, -0.25) is 9.69 Å². The van der Waals surface area contributed by atoms with Gasteiger partial charge in [-0.2, -0.15) is 0 Å². The van der Waals surface area contributed by atoms with Gasteiger partial charge in [-0.25, -0.2) is 9.59 Å². The summed E-state index contributed by atoms with van der Waals surface area (Å²) in [6, 6.07) is 11.3. The number of rotatable bonds is 6. The number of carbonyl (C=O) groups excluding carboxylic acids is 3. The zero-order valence-electron chi connectivity index (χ0n) is 26.9. The van der Waals surface area contributed by atoms with E-state index >= 15 is 0 Å². The number of carbonyl (C=O) groups is 3. The monoisotopic (exact) mass is 686 g/mol. The molecule has 13 heteroatoms. The number of piperazine rings is 1. The first-order chi connectivity index (χ1) is 22.7. The van der Waals surface area contributed by atoms with Crippen molar-refractivity contribution in [1.82, 2.24) is 24.5 Å². The van der Waals surface area contributed by atoms with Gasteiger partial charge in [0.05, 0.1) is 10.0 Å². The first kappa shape index (κ1) is 33.6. The van der Waals surface area contributed by atoms with Gasteiger partial charge in [-0.1, -0.05) is 41.4 Å². The largest absolute Gasteiger partial charge is 0.505 e. The van der Waals surface area contributed by atoms with Crippen LogP contribution in [0, 0.1) is 0 Å². The van der Waals surface area contributed by atoms with Crippen LogP contribution in [0.25, 0.3) is 0 Å². The van der Waals surface area contributed by atoms with Crippen LogP contribution < -0.4 is 5.32 Å². The van der Waals surface area contributed by atoms with Crippen molar-refractivity contribution in [3.05, 3.63) is 57.6 Å². The van der Waals surface area contributed by atoms with Gasteiger partial charge in [-0.05, 0) is 81.6 Å². The van der Waals surface area contributed by atoms with E-state index in [-0.39, 0.29) is 40.2 Å². The number of fused-ring (bicyclic) bond motifs is 1. The number of piperidine rings is 2. The number of benzene rings is 2. The molecule has 47 heavy (non-hydrogen) atoms. The molecule has 4 amide bonds. The molecule has 6 rings (SSSR count). The van der Waals surface area contributed by atoms with Crippen LogP contribution >= 0.6 is 23.2 Å². The molecule has 2 N–H and O–H groups in total. The zero-order chi connectivity index (χ0) is 33.1. The van der Waals surface area contributed by atoms with E-state index in [1.165, 1.54) is 0 Å². The Labute approximate surface area is 286 Å². The average molecular weight is 688 g/mol. The highest BCUT2D eigenvalue weighted by atomic mass is 35.5. The lowest BCUT2D eigenvalue weighted by Gasteiger charge is -2.42. The minimum atomic E-state index is -1.08. The molecule has 254 valence electrons. The summed E-state index contributed by atoms with van der Waals surface area (Å²) < 4.78 is 5.97. The summed E-state index contributed by atoms with van der Waals surface area (Å²) in [6.07, 6.45) is 2.67. The molecule has 0 unspecified atom stereocenters. The maximum Gasteiger partial charge on any atom is 0.410 e. The molecule has 0 spiro atoms. The van der Waals surface area contributed by atoms with E-state index in [1.807, 2.05) is 29.2 Å². The van der Waals surface area contributed by atoms with Gasteiger partial charge in [0.1, 0.15) is 0 Å². The lowest BCUT2D eigenvalue weighted by molar-refractivity contribution is -0.143. The van der Waals surface area contributed by atoms with Crippen LogP contribution in [0.4, 0.5) is 15.3 Å². The van der Waals surface area contributed by atoms with Crippen LogP contribution in [0.15, 0.2) is 36.4 Å². The second-order valence-corrected chi connectivity index (χ2v) is 13.9. The predicted molar refractivity (Wildman–Crippen MR) is 181 cm³/mol. The van der Waals surface area contributed by atoms with Gasteiger partial charge in [0.25, 0.3) is 5.91 Å². The topological polar surface area (TPSA) is 109 Å². The molecule has 0 aliphatic carbocycles. The van der Waals surface area contributed by atoms with Crippen molar-refractivity contribution in [1.29, 1.82) is 0 Å². The molecule has 0 bridgehead atoms. The number of halogens is 2. The van der Waals surface area contributed by atoms with Crippen LogP contribution in [0.1, 0.15) is 36.8 Å². The molecule has 4 heterocycles. The number of aromatic hydroxyl groups is 1. The Hall–Kier alpha value is -3.25. The maximum atomic E-state index is 13.9. The zero-order valence-corrected chi connectivity index (χ0v) is 28.4. The quantitative estimate of drug-likeness (QED) is 0.460. The fraction of sp³-hybridized carbons (Fsp3) is 0.559. The number of amides is 4. The molecule has 3 saturated heterocycles. The second kappa shape index (κ2) is 14.9. The van der Waals surface area contributed by atoms with Crippen molar-refractivity contribution in [2.75, 3.05) is 71.3 Å². The van der Waals surface area contributed by atoms with E-state index in [1.54, 1.807) is 21.9 Å². The lowest BCUT2D eigenvalue weighted by atomic mass is 10.0. The highest BCUT2D eigenvalue weighted by Gasteiger charge is 2.36. The highest BCUT2D eigenvalue weighted by molar-refractivity contribution is 6.37. The Morgan fingerprint density at radius 2 is 1.53 bits per heavy atom. The van der Waals surface area contributed by atoms with Gasteiger partial charge < -0.3 is 34.8 Å². The van der Waals surface area contributed by atoms with Crippen LogP contribution in [-0.4, -0.2) is 132 Å². The van der Waals surface area contributed by atoms with Crippen LogP contribution in [0.3, 0.4) is 0 Å². The van der Waals surface area contributed by atoms with Crippen molar-refractivity contribution in [2.24, 2.45) is 0 Å². The van der Waals surface area contributed by atoms with E-state index in [9.17, 15) is 19.5 Å². The summed E-state index contributed by atoms with van der Waals surface area (Å²) >= 11 is 12.4. The Bertz CT molecular complexity index is 1430. The van der Waals surface area contributed by atoms with E-state index in [0.29, 0.717) is 57.2 Å². The fourth-order valence-electron chi connectivity index (χ4n) is 7.29. The number of likely N-dealkylation sites (tertiary alicyclic amines) is 2. The summed E-state index contributed by atoms with van der Waals surface area (Å²) in [5, 5.41) is 13.2. The average Bonchev–Trinajstić information content (AvgIpc) is 3.25. The molecule has 0 radical (unpaired) electrons. The normalized spacial score (nSPS) is 21.2. The molecule has 1 atom stereocenters. The standard InChI is InChI=1S/C34H44Cl2N6O5/c1-38-11-7-25(8-12-38)39-16-18-40(19-17-39)32(44)30(22-23-20-27(35)31(43)28(36)21-23)47-34(46)41-13-9-26(10-14-41)42-15-6-24-4-2-3-5-29(24)37-33(42)45/h2-5,20-21,25-26,30,43H,6-19,22H2,1H3,(H,37,45)/t30-/m1/s1. The minimum absolute atomic E-state index is 0.00655. The number of ether oxygens (including phenoxy) is 1. The summed E-state index contributed by atoms with van der Waals surface area (Å²) in [6.45, 7) is 6.26. The van der Waals surface area contributed by atoms with Crippen molar-refractivity contribution >= 4 is 46.9 Å². The summed E-state index contributed by atoms with van der Waals surface area (Å²) in [4.78, 5) is 50.7. The Kier molecular flexibility index (Phi) is 10.7. The van der Waals surface area contributed by atoms with Crippen LogP contribution in [0.2, 0.25) is 10.0 Å². The first-order valence-electron chi connectivity index (χ1n) is 16.7. The molecule has 4 aliphatic heterocycles. The Balaban J connectivity index is 1.08. The molecule has 11 nitrogen and oxygen atoms in total. The lowest BCUT2D eigenvalue weighted by Crippen LogP contribution is -2.56. The number of para-hydroxylation sites is 1. The van der Waals surface area contributed by atoms with E-state index in [4.69, 9.17) is 27.9 Å². The number of hydrogen-bond acceptors (Lipinski definition) is 7. The molecule has 0 saturated carbocycles. The molecular weight excluding hydrogens is 643 g/mol. The maximum absolute atomic E-state index is 13.9. The smallest absolute Gasteiger partial charge is 0.410 e. The number of nitrogens with one attached hydrogen (secondary N) is 1. The van der Waals surface area contributed by atoms with Gasteiger partial charge in [0.2, 0.25) is 0 Å². The summed E-state index contributed by atoms with van der Waals surface area (Å²) in [5.41, 5.74) is 2.54. The molecule has 2 aromatic rings. The van der Waals surface area contributed by atoms with Crippen molar-refractivity contribution < 1.29 is 24.2 Å². The third-order valence-electron chi connectivity index (χ3n) is 10.2. The third-order valence-corrected chi connectivity index (χ3v) is 10.7. The van der Waals surface area contributed by atoms with Crippen LogP contribution in [0.5, 0.6) is 5.75 Å². The predicted octanol–water partition coefficient (Wildman–Crippen LogP) is 4.54. The van der Waals surface area contributed by atoms with Crippen molar-refractivity contribution in [3.8, 4) is 5.75 Å². The van der Waals surface area contributed by atoms with Gasteiger partial charge in [0, 0.05) is 70.0 Å². The summed E-state index contributed by atoms with van der Waals surface area (Å²) in [5.74, 6) is -0.482. The molecule has 2 aromatic carbocycles. The van der Waals surface area contributed by atoms with Gasteiger partial charge in [-0.15, -0.1) is 0 Å². The summed E-state index contributed by atoms with van der Waals surface area (Å²) in [7, 11) is 2.15. The van der Waals surface area contributed by atoms with Gasteiger partial charge in [0.15, 0.2) is 11.9 Å². The van der Waals surface area contributed by atoms with Crippen molar-refractivity contribution in [3.63, 3.8) is 0 Å². The molecular formula is C34H44Cl2N6O5. The number of nitrogens with zero attached hydrogens (tertiary/aromatic N) is 5. The van der Waals surface area contributed by atoms with Gasteiger partial charge >= 0.3 is 12.1 Å². The Morgan fingerprint density at radius 1 is 0.894 bits per heavy atom. The SMILES string of the molecule is CN1CCC(N2CCN(C(=O)[C@@H](Cc3cc(Cl)c(O)c(Cl)c3)OC(=O)N3CCC(N4CCc5ccccc5NC4=O)CC3)CC2)CC1. The number of urea groups is 1. The minimum Gasteiger partial charge on any atom is -0.505 e. The number of phenols is 1. The highest BCUT2D eigenvalue weighted by Crippen LogP contribution is 2.33. The third kappa shape index (κ3) is 7.91. The molecule has 3 fully saturated rings. The van der Waals surface area contributed by atoms with Crippen molar-refractivity contribution in [2.45, 2.75) is 56.7 Å². The van der Waals surface area contributed by atoms with E-state index in [2.05, 4.69) is 22.2 Å². The number of hydrogen-bond donors (Lipinski definition) is 2. The van der Waals surface area contributed by atoms with E-state index < -0.39 is 12.2 Å². The first-order valence-corrected chi connectivity index (χ1v) is 17.4. The van der Waals surface area contributed by atoms with Crippen LogP contribution in [-0.2, 0) is 22.4 Å². The molecule has 0 aromatic heterocycles.